The van der Waals surface area contributed by atoms with Crippen molar-refractivity contribution in [3.05, 3.63) is 12.2 Å². The van der Waals surface area contributed by atoms with Crippen LogP contribution in [0, 0.1) is 5.92 Å². The fourth-order valence-corrected chi connectivity index (χ4v) is 3.92. The molecule has 3 rings (SSSR count). The average molecular weight is 292 g/mol. The van der Waals surface area contributed by atoms with Crippen LogP contribution in [0.1, 0.15) is 58.7 Å². The minimum Gasteiger partial charge on any atom is -0.390 e. The lowest BCUT2D eigenvalue weighted by Gasteiger charge is -2.47. The van der Waals surface area contributed by atoms with Gasteiger partial charge in [-0.1, -0.05) is 12.8 Å². The summed E-state index contributed by atoms with van der Waals surface area (Å²) in [6.07, 6.45) is 7.16. The van der Waals surface area contributed by atoms with Gasteiger partial charge in [0.05, 0.1) is 17.7 Å². The molecule has 0 spiro atoms. The quantitative estimate of drug-likeness (QED) is 0.907. The summed E-state index contributed by atoms with van der Waals surface area (Å²) >= 11 is 0. The molecule has 1 N–H and O–H groups in total. The summed E-state index contributed by atoms with van der Waals surface area (Å²) in [6.45, 7) is 9.26. The monoisotopic (exact) mass is 292 g/mol. The molecule has 1 aromatic rings. The first-order valence-electron chi connectivity index (χ1n) is 8.23. The van der Waals surface area contributed by atoms with Gasteiger partial charge in [-0.15, -0.1) is 0 Å². The first-order chi connectivity index (χ1) is 9.88. The van der Waals surface area contributed by atoms with Crippen molar-refractivity contribution in [2.75, 3.05) is 13.1 Å². The van der Waals surface area contributed by atoms with E-state index in [1.54, 1.807) is 6.33 Å². The molecule has 0 unspecified atom stereocenters. The van der Waals surface area contributed by atoms with Crippen LogP contribution in [0.4, 0.5) is 0 Å². The Morgan fingerprint density at radius 1 is 1.33 bits per heavy atom. The van der Waals surface area contributed by atoms with Gasteiger partial charge in [0.1, 0.15) is 12.2 Å². The van der Waals surface area contributed by atoms with Crippen LogP contribution in [0.5, 0.6) is 0 Å². The van der Waals surface area contributed by atoms with Crippen molar-refractivity contribution in [3.63, 3.8) is 0 Å². The number of aromatic nitrogens is 3. The summed E-state index contributed by atoms with van der Waals surface area (Å²) in [7, 11) is 0. The van der Waals surface area contributed by atoms with Gasteiger partial charge in [-0.25, -0.2) is 9.67 Å². The van der Waals surface area contributed by atoms with Crippen molar-refractivity contribution in [1.29, 1.82) is 0 Å². The second-order valence-electron chi connectivity index (χ2n) is 7.79. The third-order valence-corrected chi connectivity index (χ3v) is 5.13. The summed E-state index contributed by atoms with van der Waals surface area (Å²) < 4.78 is 2.02. The van der Waals surface area contributed by atoms with Gasteiger partial charge in [0.15, 0.2) is 0 Å². The van der Waals surface area contributed by atoms with Crippen LogP contribution in [0.15, 0.2) is 6.33 Å². The SMILES string of the molecule is CC(C)(C)n1ncnc1CN1CC[C@@]2(O)CCCC[C@H]2C1. The minimum atomic E-state index is -0.396. The number of nitrogens with zero attached hydrogens (tertiary/aromatic N) is 4. The first-order valence-corrected chi connectivity index (χ1v) is 8.23. The fraction of sp³-hybridized carbons (Fsp3) is 0.875. The van der Waals surface area contributed by atoms with E-state index in [4.69, 9.17) is 0 Å². The van der Waals surface area contributed by atoms with E-state index in [2.05, 4.69) is 35.8 Å². The number of likely N-dealkylation sites (tertiary alicyclic amines) is 1. The maximum absolute atomic E-state index is 10.8. The zero-order valence-electron chi connectivity index (χ0n) is 13.5. The van der Waals surface area contributed by atoms with E-state index in [9.17, 15) is 5.11 Å². The Morgan fingerprint density at radius 3 is 2.90 bits per heavy atom. The molecule has 0 aromatic carbocycles. The summed E-state index contributed by atoms with van der Waals surface area (Å²) in [5, 5.41) is 15.1. The Morgan fingerprint density at radius 2 is 2.14 bits per heavy atom. The lowest BCUT2D eigenvalue weighted by molar-refractivity contribution is -0.0973. The van der Waals surface area contributed by atoms with Crippen LogP contribution in [-0.4, -0.2) is 43.5 Å². The summed E-state index contributed by atoms with van der Waals surface area (Å²) in [5.74, 6) is 1.47. The summed E-state index contributed by atoms with van der Waals surface area (Å²) in [6, 6.07) is 0. The Balaban J connectivity index is 1.69. The van der Waals surface area contributed by atoms with E-state index < -0.39 is 5.60 Å². The molecule has 2 aliphatic rings. The highest BCUT2D eigenvalue weighted by molar-refractivity contribution is 4.98. The predicted molar refractivity (Wildman–Crippen MR) is 81.8 cm³/mol. The van der Waals surface area contributed by atoms with E-state index in [0.717, 1.165) is 38.3 Å². The number of fused-ring (bicyclic) bond motifs is 1. The Hall–Kier alpha value is -0.940. The number of hydrogen-bond donors (Lipinski definition) is 1. The molecular weight excluding hydrogens is 264 g/mol. The van der Waals surface area contributed by atoms with Gasteiger partial charge in [0, 0.05) is 19.0 Å². The smallest absolute Gasteiger partial charge is 0.141 e. The summed E-state index contributed by atoms with van der Waals surface area (Å²) in [4.78, 5) is 6.89. The van der Waals surface area contributed by atoms with Crippen LogP contribution in [0.3, 0.4) is 0 Å². The van der Waals surface area contributed by atoms with Crippen LogP contribution >= 0.6 is 0 Å². The van der Waals surface area contributed by atoms with E-state index >= 15 is 0 Å². The molecule has 5 nitrogen and oxygen atoms in total. The van der Waals surface area contributed by atoms with Gasteiger partial charge in [-0.3, -0.25) is 4.90 Å². The Bertz CT molecular complexity index is 493. The van der Waals surface area contributed by atoms with Crippen molar-refractivity contribution < 1.29 is 5.11 Å². The molecule has 5 heteroatoms. The highest BCUT2D eigenvalue weighted by Crippen LogP contribution is 2.40. The van der Waals surface area contributed by atoms with Crippen molar-refractivity contribution >= 4 is 0 Å². The van der Waals surface area contributed by atoms with Gasteiger partial charge in [-0.2, -0.15) is 5.10 Å². The van der Waals surface area contributed by atoms with Crippen LogP contribution in [0.25, 0.3) is 0 Å². The fourth-order valence-electron chi connectivity index (χ4n) is 3.92. The van der Waals surface area contributed by atoms with Crippen molar-refractivity contribution in [2.24, 2.45) is 5.92 Å². The summed E-state index contributed by atoms with van der Waals surface area (Å²) in [5.41, 5.74) is -0.431. The molecule has 118 valence electrons. The highest BCUT2D eigenvalue weighted by atomic mass is 16.3. The second kappa shape index (κ2) is 5.36. The van der Waals surface area contributed by atoms with Gasteiger partial charge < -0.3 is 5.11 Å². The lowest BCUT2D eigenvalue weighted by Crippen LogP contribution is -2.53. The van der Waals surface area contributed by atoms with Crippen molar-refractivity contribution in [1.82, 2.24) is 19.7 Å². The largest absolute Gasteiger partial charge is 0.390 e. The molecule has 2 heterocycles. The maximum atomic E-state index is 10.8. The minimum absolute atomic E-state index is 0.0345. The molecule has 0 amide bonds. The third kappa shape index (κ3) is 2.99. The molecule has 0 radical (unpaired) electrons. The van der Waals surface area contributed by atoms with Crippen LogP contribution in [-0.2, 0) is 12.1 Å². The van der Waals surface area contributed by atoms with Gasteiger partial charge in [-0.05, 0) is 40.0 Å². The number of aliphatic hydroxyl groups is 1. The molecule has 1 aliphatic heterocycles. The second-order valence-corrected chi connectivity index (χ2v) is 7.79. The molecule has 2 fully saturated rings. The lowest BCUT2D eigenvalue weighted by atomic mass is 9.71. The normalized spacial score (nSPS) is 31.1. The standard InChI is InChI=1S/C16H28N4O/c1-15(2,3)20-14(17-12-18-20)11-19-9-8-16(21)7-5-4-6-13(16)10-19/h12-13,21H,4-11H2,1-3H3/t13-,16-/m0/s1. The molecule has 21 heavy (non-hydrogen) atoms. The molecule has 1 aliphatic carbocycles. The zero-order valence-corrected chi connectivity index (χ0v) is 13.5. The van der Waals surface area contributed by atoms with Crippen LogP contribution < -0.4 is 0 Å². The topological polar surface area (TPSA) is 54.2 Å². The van der Waals surface area contributed by atoms with Gasteiger partial charge in [0.2, 0.25) is 0 Å². The number of hydrogen-bond acceptors (Lipinski definition) is 4. The van der Waals surface area contributed by atoms with Gasteiger partial charge in [0.25, 0.3) is 0 Å². The first kappa shape index (κ1) is 15.0. The van der Waals surface area contributed by atoms with E-state index in [0.29, 0.717) is 5.92 Å². The third-order valence-electron chi connectivity index (χ3n) is 5.13. The highest BCUT2D eigenvalue weighted by Gasteiger charge is 2.42. The maximum Gasteiger partial charge on any atom is 0.141 e. The van der Waals surface area contributed by atoms with E-state index in [1.807, 2.05) is 4.68 Å². The van der Waals surface area contributed by atoms with Gasteiger partial charge >= 0.3 is 0 Å². The molecule has 1 saturated carbocycles. The Kier molecular flexibility index (Phi) is 3.82. The molecule has 1 saturated heterocycles. The van der Waals surface area contributed by atoms with Crippen LogP contribution in [0.2, 0.25) is 0 Å². The molecular formula is C16H28N4O. The Labute approximate surface area is 127 Å². The molecule has 0 bridgehead atoms. The van der Waals surface area contributed by atoms with Crippen molar-refractivity contribution in [3.8, 4) is 0 Å². The van der Waals surface area contributed by atoms with Crippen molar-refractivity contribution in [2.45, 2.75) is 70.6 Å². The van der Waals surface area contributed by atoms with E-state index in [1.165, 1.54) is 19.3 Å². The van der Waals surface area contributed by atoms with E-state index in [-0.39, 0.29) is 5.54 Å². The molecule has 2 atom stereocenters. The zero-order chi connectivity index (χ0) is 15.1. The molecule has 1 aromatic heterocycles. The number of piperidine rings is 1. The predicted octanol–water partition coefficient (Wildman–Crippen LogP) is 2.16. The number of rotatable bonds is 2. The average Bonchev–Trinajstić information content (AvgIpc) is 2.87.